The number of hydrogen-bond acceptors (Lipinski definition) is 3. The van der Waals surface area contributed by atoms with Gasteiger partial charge in [0.25, 0.3) is 5.92 Å². The molecule has 39 heavy (non-hydrogen) atoms. The van der Waals surface area contributed by atoms with Gasteiger partial charge in [-0.1, -0.05) is 46.2 Å². The van der Waals surface area contributed by atoms with E-state index in [0.717, 1.165) is 30.7 Å². The highest BCUT2D eigenvalue weighted by molar-refractivity contribution is 5.85. The Hall–Kier alpha value is -2.49. The van der Waals surface area contributed by atoms with Gasteiger partial charge in [-0.15, -0.1) is 0 Å². The zero-order valence-electron chi connectivity index (χ0n) is 23.1. The van der Waals surface area contributed by atoms with Crippen molar-refractivity contribution in [3.63, 3.8) is 0 Å². The van der Waals surface area contributed by atoms with Crippen molar-refractivity contribution in [2.45, 2.75) is 71.8 Å². The lowest BCUT2D eigenvalue weighted by Gasteiger charge is -2.31. The number of hydrogen-bond donors (Lipinski definition) is 4. The number of rotatable bonds is 9. The highest BCUT2D eigenvalue weighted by Crippen LogP contribution is 2.28. The average Bonchev–Trinajstić information content (AvgIpc) is 3.20. The molecule has 0 spiro atoms. The Morgan fingerprint density at radius 1 is 1.03 bits per heavy atom. The fourth-order valence-corrected chi connectivity index (χ4v) is 4.16. The first-order valence-electron chi connectivity index (χ1n) is 13.5. The number of nitrogens with one attached hydrogen (secondary N) is 2. The van der Waals surface area contributed by atoms with Gasteiger partial charge in [-0.05, 0) is 54.5 Å². The minimum Gasteiger partial charge on any atom is -0.390 e. The van der Waals surface area contributed by atoms with Crippen LogP contribution in [0.1, 0.15) is 69.9 Å². The average molecular weight is 557 g/mol. The summed E-state index contributed by atoms with van der Waals surface area (Å²) >= 11 is 0. The van der Waals surface area contributed by atoms with Crippen LogP contribution in [-0.2, 0) is 12.8 Å². The van der Waals surface area contributed by atoms with Gasteiger partial charge in [-0.25, -0.2) is 22.0 Å². The predicted octanol–water partition coefficient (Wildman–Crippen LogP) is 7.09. The smallest absolute Gasteiger partial charge is 0.270 e. The molecular weight excluding hydrogens is 515 g/mol. The van der Waals surface area contributed by atoms with Crippen molar-refractivity contribution in [3.8, 4) is 0 Å². The lowest BCUT2D eigenvalue weighted by atomic mass is 9.91. The Bertz CT molecular complexity index is 1140. The number of benzene rings is 2. The Labute approximate surface area is 227 Å². The van der Waals surface area contributed by atoms with Crippen molar-refractivity contribution >= 4 is 10.9 Å². The summed E-state index contributed by atoms with van der Waals surface area (Å²) in [5.41, 5.74) is 3.53. The number of fused-ring (bicyclic) bond motifs is 1. The van der Waals surface area contributed by atoms with E-state index in [9.17, 15) is 27.1 Å². The van der Waals surface area contributed by atoms with Gasteiger partial charge < -0.3 is 20.5 Å². The third-order valence-electron chi connectivity index (χ3n) is 6.61. The zero-order chi connectivity index (χ0) is 29.2. The summed E-state index contributed by atoms with van der Waals surface area (Å²) < 4.78 is 62.7. The highest BCUT2D eigenvalue weighted by Gasteiger charge is 2.27. The molecule has 3 aromatic rings. The first kappa shape index (κ1) is 32.7. The maximum Gasteiger partial charge on any atom is 0.270 e. The van der Waals surface area contributed by atoms with Gasteiger partial charge in [0, 0.05) is 42.6 Å². The predicted molar refractivity (Wildman–Crippen MR) is 145 cm³/mol. The van der Waals surface area contributed by atoms with Crippen LogP contribution in [0.15, 0.2) is 36.4 Å². The fraction of sp³-hybridized carbons (Fsp3) is 0.533. The van der Waals surface area contributed by atoms with Crippen LogP contribution < -0.4 is 5.32 Å². The summed E-state index contributed by atoms with van der Waals surface area (Å²) in [6, 6.07) is 8.51. The molecule has 1 atom stereocenters. The lowest BCUT2D eigenvalue weighted by molar-refractivity contribution is -0.0522. The number of aromatic nitrogens is 1. The molecule has 1 fully saturated rings. The van der Waals surface area contributed by atoms with Crippen molar-refractivity contribution < 1.29 is 32.2 Å². The SMILES string of the molecule is CCC(F)(F)CO.CCCCc1[nH]c2c(F)cccc2c1CC(C)C.OC(c1cc(F)cc(F)c1)C1CNC1. The standard InChI is InChI=1S/C16H22FN.C10H11F2NO.C4H8F2O/c1-4-5-9-15-13(10-11(2)3)12-7-6-8-14(17)16(12)18-15;11-8-1-6(2-9(12)3-8)10(14)7-4-13-5-7;1-2-4(5,6)3-7/h6-8,11,18H,4-5,9-10H2,1-3H3;1-3,7,10,13-14H,4-5H2;7H,2-3H2,1H3. The van der Waals surface area contributed by atoms with Crippen molar-refractivity contribution in [1.82, 2.24) is 10.3 Å². The molecule has 0 saturated carbocycles. The Kier molecular flexibility index (Phi) is 12.9. The molecule has 0 aliphatic carbocycles. The van der Waals surface area contributed by atoms with Crippen LogP contribution in [0.4, 0.5) is 22.0 Å². The van der Waals surface area contributed by atoms with Gasteiger partial charge >= 0.3 is 0 Å². The summed E-state index contributed by atoms with van der Waals surface area (Å²) in [6.07, 6.45) is 3.29. The number of aromatic amines is 1. The molecular formula is C30H41F5N2O2. The second-order valence-electron chi connectivity index (χ2n) is 10.4. The van der Waals surface area contributed by atoms with Crippen molar-refractivity contribution in [2.24, 2.45) is 11.8 Å². The highest BCUT2D eigenvalue weighted by atomic mass is 19.3. The third kappa shape index (κ3) is 9.89. The summed E-state index contributed by atoms with van der Waals surface area (Å²) in [4.78, 5) is 3.30. The molecule has 0 amide bonds. The molecule has 9 heteroatoms. The molecule has 1 aromatic heterocycles. The number of aryl methyl sites for hydroxylation is 1. The molecule has 218 valence electrons. The molecule has 1 unspecified atom stereocenters. The molecule has 1 saturated heterocycles. The molecule has 1 aliphatic heterocycles. The van der Waals surface area contributed by atoms with E-state index in [1.165, 1.54) is 42.8 Å². The molecule has 4 rings (SSSR count). The van der Waals surface area contributed by atoms with E-state index >= 15 is 0 Å². The molecule has 2 heterocycles. The molecule has 2 aromatic carbocycles. The Morgan fingerprint density at radius 2 is 1.67 bits per heavy atom. The summed E-state index contributed by atoms with van der Waals surface area (Å²) in [6.45, 7) is 8.28. The first-order valence-corrected chi connectivity index (χ1v) is 13.5. The first-order chi connectivity index (χ1) is 18.4. The van der Waals surface area contributed by atoms with Gasteiger partial charge in [-0.3, -0.25) is 0 Å². The lowest BCUT2D eigenvalue weighted by Crippen LogP contribution is -2.45. The fourth-order valence-electron chi connectivity index (χ4n) is 4.16. The second-order valence-corrected chi connectivity index (χ2v) is 10.4. The maximum atomic E-state index is 13.8. The number of H-pyrrole nitrogens is 1. The van der Waals surface area contributed by atoms with Crippen LogP contribution in [0.5, 0.6) is 0 Å². The van der Waals surface area contributed by atoms with Crippen LogP contribution in [0, 0.1) is 29.3 Å². The zero-order valence-corrected chi connectivity index (χ0v) is 23.1. The largest absolute Gasteiger partial charge is 0.390 e. The minimum atomic E-state index is -2.86. The van der Waals surface area contributed by atoms with E-state index in [2.05, 4.69) is 31.1 Å². The molecule has 4 N–H and O–H groups in total. The van der Waals surface area contributed by atoms with E-state index < -0.39 is 30.3 Å². The van der Waals surface area contributed by atoms with E-state index in [-0.39, 0.29) is 18.2 Å². The number of alkyl halides is 2. The van der Waals surface area contributed by atoms with Gasteiger partial charge in [0.05, 0.1) is 11.6 Å². The summed E-state index contributed by atoms with van der Waals surface area (Å²) in [7, 11) is 0. The molecule has 1 aliphatic rings. The van der Waals surface area contributed by atoms with Crippen LogP contribution in [0.2, 0.25) is 0 Å². The van der Waals surface area contributed by atoms with Crippen LogP contribution >= 0.6 is 0 Å². The normalized spacial score (nSPS) is 14.4. The number of unbranched alkanes of at least 4 members (excludes halogenated alkanes) is 1. The van der Waals surface area contributed by atoms with Gasteiger partial charge in [-0.2, -0.15) is 0 Å². The van der Waals surface area contributed by atoms with Crippen molar-refractivity contribution in [2.75, 3.05) is 19.7 Å². The van der Waals surface area contributed by atoms with Gasteiger partial charge in [0.15, 0.2) is 0 Å². The third-order valence-corrected chi connectivity index (χ3v) is 6.61. The van der Waals surface area contributed by atoms with Crippen LogP contribution in [0.3, 0.4) is 0 Å². The van der Waals surface area contributed by atoms with Gasteiger partial charge in [0.2, 0.25) is 0 Å². The van der Waals surface area contributed by atoms with Crippen molar-refractivity contribution in [1.29, 1.82) is 0 Å². The summed E-state index contributed by atoms with van der Waals surface area (Å²) in [5, 5.41) is 21.6. The number of halogens is 5. The molecule has 0 radical (unpaired) electrons. The van der Waals surface area contributed by atoms with Crippen molar-refractivity contribution in [3.05, 3.63) is 70.7 Å². The van der Waals surface area contributed by atoms with Gasteiger partial charge in [0.1, 0.15) is 24.1 Å². The monoisotopic (exact) mass is 556 g/mol. The second kappa shape index (κ2) is 15.3. The number of para-hydroxylation sites is 1. The topological polar surface area (TPSA) is 68.3 Å². The Balaban J connectivity index is 0.000000226. The van der Waals surface area contributed by atoms with E-state index in [1.807, 2.05) is 6.07 Å². The van der Waals surface area contributed by atoms with E-state index in [0.29, 0.717) is 30.1 Å². The van der Waals surface area contributed by atoms with E-state index in [1.54, 1.807) is 6.07 Å². The minimum absolute atomic E-state index is 0.0659. The maximum absolute atomic E-state index is 13.8. The van der Waals surface area contributed by atoms with Crippen LogP contribution in [-0.4, -0.2) is 40.8 Å². The van der Waals surface area contributed by atoms with E-state index in [4.69, 9.17) is 5.11 Å². The molecule has 4 nitrogen and oxygen atoms in total. The number of aliphatic hydroxyl groups excluding tert-OH is 2. The molecule has 0 bridgehead atoms. The quantitative estimate of drug-likeness (QED) is 0.213. The van der Waals surface area contributed by atoms with Crippen LogP contribution in [0.25, 0.3) is 10.9 Å². The summed E-state index contributed by atoms with van der Waals surface area (Å²) in [5.74, 6) is -3.64. The Morgan fingerprint density at radius 3 is 2.13 bits per heavy atom. The number of aliphatic hydroxyl groups is 2.